The van der Waals surface area contributed by atoms with Crippen LogP contribution in [0, 0.1) is 6.92 Å². The molecule has 1 amide bonds. The monoisotopic (exact) mass is 413 g/mol. The number of carbonyl (C=O) groups is 1. The second-order valence-electron chi connectivity index (χ2n) is 7.50. The number of carbonyl (C=O) groups excluding carboxylic acids is 1. The lowest BCUT2D eigenvalue weighted by molar-refractivity contribution is -0.119. The highest BCUT2D eigenvalue weighted by Crippen LogP contribution is 2.33. The van der Waals surface area contributed by atoms with Crippen LogP contribution < -0.4 is 5.32 Å². The summed E-state index contributed by atoms with van der Waals surface area (Å²) >= 11 is 1.71. The van der Waals surface area contributed by atoms with E-state index in [0.717, 1.165) is 80.6 Å². The van der Waals surface area contributed by atoms with E-state index in [1.54, 1.807) is 18.4 Å². The van der Waals surface area contributed by atoms with E-state index in [2.05, 4.69) is 40.5 Å². The predicted molar refractivity (Wildman–Crippen MR) is 116 cm³/mol. The van der Waals surface area contributed by atoms with Gasteiger partial charge in [-0.3, -0.25) is 9.69 Å². The molecule has 154 valence electrons. The summed E-state index contributed by atoms with van der Waals surface area (Å²) in [6, 6.07) is 6.38. The molecule has 0 atom stereocenters. The topological polar surface area (TPSA) is 70.1 Å². The van der Waals surface area contributed by atoms with Crippen LogP contribution in [-0.4, -0.2) is 60.2 Å². The summed E-state index contributed by atoms with van der Waals surface area (Å²) in [5, 5.41) is 8.58. The smallest absolute Gasteiger partial charge is 0.209 e. The average Bonchev–Trinajstić information content (AvgIpc) is 3.15. The first-order valence-electron chi connectivity index (χ1n) is 10.0. The van der Waals surface area contributed by atoms with Crippen LogP contribution in [0.1, 0.15) is 34.5 Å². The van der Waals surface area contributed by atoms with Gasteiger partial charge in [0.05, 0.1) is 0 Å². The molecule has 1 aromatic heterocycles. The molecule has 1 aromatic carbocycles. The lowest BCUT2D eigenvalue weighted by Gasteiger charge is -2.32. The molecule has 8 heteroatoms. The number of piperazine rings is 1. The number of hydrogen-bond donors (Lipinski definition) is 1. The first-order chi connectivity index (χ1) is 14.2. The number of oxime groups is 1. The van der Waals surface area contributed by atoms with Crippen LogP contribution in [0.4, 0.5) is 10.8 Å². The lowest BCUT2D eigenvalue weighted by Crippen LogP contribution is -2.45. The van der Waals surface area contributed by atoms with Crippen LogP contribution in [0.15, 0.2) is 23.4 Å². The maximum Gasteiger partial charge on any atom is 0.209 e. The molecule has 0 radical (unpaired) electrons. The van der Waals surface area contributed by atoms with Gasteiger partial charge in [-0.2, -0.15) is 0 Å². The number of thiazole rings is 1. The van der Waals surface area contributed by atoms with Crippen molar-refractivity contribution in [1.82, 2.24) is 14.8 Å². The Morgan fingerprint density at radius 2 is 2.10 bits per heavy atom. The van der Waals surface area contributed by atoms with Crippen molar-refractivity contribution in [2.24, 2.45) is 5.16 Å². The van der Waals surface area contributed by atoms with Gasteiger partial charge in [-0.1, -0.05) is 17.3 Å². The summed E-state index contributed by atoms with van der Waals surface area (Å²) in [4.78, 5) is 26.2. The molecular formula is C21H27N5O2S. The molecule has 1 N–H and O–H groups in total. The number of nitrogens with one attached hydrogen (secondary N) is 1. The fraction of sp³-hybridized carbons (Fsp3) is 0.476. The van der Waals surface area contributed by atoms with Crippen molar-refractivity contribution in [2.75, 3.05) is 38.6 Å². The summed E-state index contributed by atoms with van der Waals surface area (Å²) in [6.45, 7) is 6.48. The van der Waals surface area contributed by atoms with E-state index in [9.17, 15) is 4.79 Å². The van der Waals surface area contributed by atoms with Crippen LogP contribution in [0.25, 0.3) is 0 Å². The normalized spacial score (nSPS) is 18.6. The van der Waals surface area contributed by atoms with Gasteiger partial charge in [0, 0.05) is 43.3 Å². The number of nitrogens with zero attached hydrogens (tertiary/aromatic N) is 4. The molecule has 2 aromatic rings. The quantitative estimate of drug-likeness (QED) is 0.582. The van der Waals surface area contributed by atoms with Gasteiger partial charge in [0.2, 0.25) is 6.41 Å². The molecular weight excluding hydrogens is 386 g/mol. The Hall–Kier alpha value is -2.45. The van der Waals surface area contributed by atoms with Gasteiger partial charge in [-0.25, -0.2) is 4.98 Å². The molecule has 0 unspecified atom stereocenters. The SMILES string of the molecule is CON=C1CCCc2sc(Nc3cccc(CN4CCN(C=O)CC4)c3C)nc21. The van der Waals surface area contributed by atoms with Crippen molar-refractivity contribution < 1.29 is 9.63 Å². The molecule has 0 bridgehead atoms. The van der Waals surface area contributed by atoms with Crippen LogP contribution in [0.2, 0.25) is 0 Å². The Balaban J connectivity index is 1.48. The summed E-state index contributed by atoms with van der Waals surface area (Å²) in [6.07, 6.45) is 3.99. The van der Waals surface area contributed by atoms with Gasteiger partial charge in [0.1, 0.15) is 18.5 Å². The summed E-state index contributed by atoms with van der Waals surface area (Å²) in [5.41, 5.74) is 5.55. The van der Waals surface area contributed by atoms with Crippen molar-refractivity contribution in [2.45, 2.75) is 32.7 Å². The van der Waals surface area contributed by atoms with Gasteiger partial charge >= 0.3 is 0 Å². The minimum Gasteiger partial charge on any atom is -0.399 e. The maximum atomic E-state index is 10.9. The predicted octanol–water partition coefficient (Wildman–Crippen LogP) is 3.16. The molecule has 0 saturated carbocycles. The van der Waals surface area contributed by atoms with Gasteiger partial charge in [0.25, 0.3) is 0 Å². The van der Waals surface area contributed by atoms with Crippen LogP contribution >= 0.6 is 11.3 Å². The Morgan fingerprint density at radius 3 is 2.86 bits per heavy atom. The van der Waals surface area contributed by atoms with E-state index in [1.165, 1.54) is 16.0 Å². The van der Waals surface area contributed by atoms with E-state index < -0.39 is 0 Å². The lowest BCUT2D eigenvalue weighted by atomic mass is 10.0. The highest BCUT2D eigenvalue weighted by molar-refractivity contribution is 7.16. The molecule has 4 rings (SSSR count). The third-order valence-corrected chi connectivity index (χ3v) is 6.66. The number of benzene rings is 1. The summed E-state index contributed by atoms with van der Waals surface area (Å²) in [7, 11) is 1.58. The van der Waals surface area contributed by atoms with Crippen molar-refractivity contribution in [3.05, 3.63) is 39.9 Å². The molecule has 1 fully saturated rings. The van der Waals surface area contributed by atoms with Crippen molar-refractivity contribution in [3.8, 4) is 0 Å². The van der Waals surface area contributed by atoms with Crippen molar-refractivity contribution >= 4 is 34.3 Å². The van der Waals surface area contributed by atoms with Gasteiger partial charge in [-0.05, 0) is 43.4 Å². The molecule has 2 aliphatic rings. The number of aryl methyl sites for hydroxylation is 1. The molecule has 1 aliphatic carbocycles. The highest BCUT2D eigenvalue weighted by atomic mass is 32.1. The van der Waals surface area contributed by atoms with E-state index in [1.807, 2.05) is 4.90 Å². The number of fused-ring (bicyclic) bond motifs is 1. The van der Waals surface area contributed by atoms with Crippen LogP contribution in [0.5, 0.6) is 0 Å². The minimum absolute atomic E-state index is 0.802. The van der Waals surface area contributed by atoms with E-state index in [-0.39, 0.29) is 0 Å². The van der Waals surface area contributed by atoms with Crippen molar-refractivity contribution in [1.29, 1.82) is 0 Å². The van der Waals surface area contributed by atoms with E-state index >= 15 is 0 Å². The van der Waals surface area contributed by atoms with Gasteiger partial charge in [-0.15, -0.1) is 11.3 Å². The Labute approximate surface area is 175 Å². The van der Waals surface area contributed by atoms with Crippen LogP contribution in [0.3, 0.4) is 0 Å². The van der Waals surface area contributed by atoms with E-state index in [4.69, 9.17) is 9.82 Å². The molecule has 1 aliphatic heterocycles. The molecule has 7 nitrogen and oxygen atoms in total. The third-order valence-electron chi connectivity index (χ3n) is 5.63. The minimum atomic E-state index is 0.802. The number of hydrogen-bond acceptors (Lipinski definition) is 7. The first kappa shape index (κ1) is 19.8. The molecule has 29 heavy (non-hydrogen) atoms. The number of amides is 1. The molecule has 0 spiro atoms. The summed E-state index contributed by atoms with van der Waals surface area (Å²) in [5.74, 6) is 0. The maximum absolute atomic E-state index is 10.9. The Bertz CT molecular complexity index is 902. The zero-order valence-electron chi connectivity index (χ0n) is 17.0. The molecule has 1 saturated heterocycles. The number of rotatable bonds is 6. The van der Waals surface area contributed by atoms with Gasteiger partial charge < -0.3 is 15.1 Å². The molecule has 2 heterocycles. The first-order valence-corrected chi connectivity index (χ1v) is 10.9. The largest absolute Gasteiger partial charge is 0.399 e. The second-order valence-corrected chi connectivity index (χ2v) is 8.58. The number of anilines is 2. The van der Waals surface area contributed by atoms with Crippen molar-refractivity contribution in [3.63, 3.8) is 0 Å². The zero-order valence-corrected chi connectivity index (χ0v) is 17.8. The fourth-order valence-corrected chi connectivity index (χ4v) is 4.94. The third kappa shape index (κ3) is 4.43. The summed E-state index contributed by atoms with van der Waals surface area (Å²) < 4.78 is 0. The Kier molecular flexibility index (Phi) is 6.10. The fourth-order valence-electron chi connectivity index (χ4n) is 3.91. The standard InChI is InChI=1S/C21H27N5O2S/c1-15-16(13-25-9-11-26(14-27)12-10-25)5-3-6-17(15)22-21-23-20-18(24-28-2)7-4-8-19(20)29-21/h3,5-6,14H,4,7-13H2,1-2H3,(H,22,23). The van der Waals surface area contributed by atoms with Gasteiger partial charge in [0.15, 0.2) is 5.13 Å². The van der Waals surface area contributed by atoms with E-state index in [0.29, 0.717) is 0 Å². The number of aromatic nitrogens is 1. The average molecular weight is 414 g/mol. The highest BCUT2D eigenvalue weighted by Gasteiger charge is 2.22. The van der Waals surface area contributed by atoms with Crippen LogP contribution in [-0.2, 0) is 22.6 Å². The Morgan fingerprint density at radius 1 is 1.28 bits per heavy atom. The zero-order chi connectivity index (χ0) is 20.2. The second kappa shape index (κ2) is 8.92.